The lowest BCUT2D eigenvalue weighted by Crippen LogP contribution is -2.44. The molecule has 28 heavy (non-hydrogen) atoms. The highest BCUT2D eigenvalue weighted by molar-refractivity contribution is 5.94. The fourth-order valence-electron chi connectivity index (χ4n) is 3.96. The molecule has 1 aromatic rings. The van der Waals surface area contributed by atoms with Gasteiger partial charge in [0.05, 0.1) is 12.6 Å². The van der Waals surface area contributed by atoms with E-state index in [1.165, 1.54) is 17.4 Å². The molecule has 1 saturated carbocycles. The number of hydrogen-bond donors (Lipinski definition) is 1. The Kier molecular flexibility index (Phi) is 6.60. The van der Waals surface area contributed by atoms with E-state index >= 15 is 0 Å². The van der Waals surface area contributed by atoms with Crippen LogP contribution < -0.4 is 9.47 Å². The maximum absolute atomic E-state index is 12.5. The second-order valence-corrected chi connectivity index (χ2v) is 7.89. The number of nitrogens with zero attached hydrogens (tertiary/aromatic N) is 1. The smallest absolute Gasteiger partial charge is 0.326 e. The summed E-state index contributed by atoms with van der Waals surface area (Å²) in [6.45, 7) is 4.03. The Morgan fingerprint density at radius 3 is 2.50 bits per heavy atom. The lowest BCUT2D eigenvalue weighted by atomic mass is 9.84. The zero-order chi connectivity index (χ0) is 20.1. The van der Waals surface area contributed by atoms with Crippen LogP contribution in [0.3, 0.4) is 0 Å². The standard InChI is InChI=1S/C22H29NO5/c1-15(2)27-19-10-6-7-11-20(19)28-17-13-21(24)23(14-17)18(22(25)26)12-16-8-4-3-5-9-16/h6-7,10-11,13,15-16,18H,3-5,8-9,12,14H2,1-2H3,(H,25,26). The predicted octanol–water partition coefficient (Wildman–Crippen LogP) is 4.00. The lowest BCUT2D eigenvalue weighted by Gasteiger charge is -2.30. The van der Waals surface area contributed by atoms with Crippen molar-refractivity contribution in [3.05, 3.63) is 36.1 Å². The van der Waals surface area contributed by atoms with E-state index in [4.69, 9.17) is 9.47 Å². The van der Waals surface area contributed by atoms with Crippen molar-refractivity contribution in [3.8, 4) is 11.5 Å². The molecule has 1 fully saturated rings. The first-order valence-corrected chi connectivity index (χ1v) is 10.1. The van der Waals surface area contributed by atoms with E-state index < -0.39 is 12.0 Å². The van der Waals surface area contributed by atoms with Gasteiger partial charge in [-0.05, 0) is 38.3 Å². The summed E-state index contributed by atoms with van der Waals surface area (Å²) >= 11 is 0. The Morgan fingerprint density at radius 2 is 1.86 bits per heavy atom. The van der Waals surface area contributed by atoms with Gasteiger partial charge in [0.25, 0.3) is 5.91 Å². The van der Waals surface area contributed by atoms with E-state index in [9.17, 15) is 14.7 Å². The minimum absolute atomic E-state index is 0.00711. The topological polar surface area (TPSA) is 76.1 Å². The minimum Gasteiger partial charge on any atom is -0.487 e. The second-order valence-electron chi connectivity index (χ2n) is 7.89. The Balaban J connectivity index is 1.68. The number of rotatable bonds is 8. The van der Waals surface area contributed by atoms with Crippen molar-refractivity contribution in [1.29, 1.82) is 0 Å². The molecule has 1 heterocycles. The number of carboxylic acid groups (broad SMARTS) is 1. The van der Waals surface area contributed by atoms with Crippen molar-refractivity contribution in [3.63, 3.8) is 0 Å². The van der Waals surface area contributed by atoms with Crippen molar-refractivity contribution in [2.75, 3.05) is 6.54 Å². The molecule has 1 N–H and O–H groups in total. The number of amides is 1. The maximum Gasteiger partial charge on any atom is 0.326 e. The summed E-state index contributed by atoms with van der Waals surface area (Å²) in [6.07, 6.45) is 7.48. The van der Waals surface area contributed by atoms with Crippen LogP contribution in [0, 0.1) is 5.92 Å². The van der Waals surface area contributed by atoms with Gasteiger partial charge in [0.15, 0.2) is 11.5 Å². The maximum atomic E-state index is 12.5. The molecular weight excluding hydrogens is 358 g/mol. The quantitative estimate of drug-likeness (QED) is 0.730. The van der Waals surface area contributed by atoms with Gasteiger partial charge in [-0.3, -0.25) is 4.79 Å². The number of carboxylic acids is 1. The lowest BCUT2D eigenvalue weighted by molar-refractivity contribution is -0.148. The molecule has 152 valence electrons. The van der Waals surface area contributed by atoms with Gasteiger partial charge in [-0.1, -0.05) is 44.2 Å². The molecule has 0 bridgehead atoms. The zero-order valence-corrected chi connectivity index (χ0v) is 16.6. The van der Waals surface area contributed by atoms with Crippen molar-refractivity contribution in [2.24, 2.45) is 5.92 Å². The van der Waals surface area contributed by atoms with Gasteiger partial charge >= 0.3 is 5.97 Å². The van der Waals surface area contributed by atoms with Gasteiger partial charge in [0.2, 0.25) is 0 Å². The first-order valence-electron chi connectivity index (χ1n) is 10.1. The summed E-state index contributed by atoms with van der Waals surface area (Å²) < 4.78 is 11.7. The SMILES string of the molecule is CC(C)Oc1ccccc1OC1=CC(=O)N(C(CC2CCCCC2)C(=O)O)C1. The van der Waals surface area contributed by atoms with E-state index in [0.29, 0.717) is 29.6 Å². The van der Waals surface area contributed by atoms with Crippen molar-refractivity contribution in [1.82, 2.24) is 4.90 Å². The fraction of sp³-hybridized carbons (Fsp3) is 0.545. The molecule has 1 aliphatic carbocycles. The Hall–Kier alpha value is -2.50. The molecule has 1 aliphatic heterocycles. The van der Waals surface area contributed by atoms with E-state index in [2.05, 4.69) is 0 Å². The summed E-state index contributed by atoms with van der Waals surface area (Å²) in [4.78, 5) is 25.8. The molecule has 0 spiro atoms. The predicted molar refractivity (Wildman–Crippen MR) is 105 cm³/mol. The molecule has 1 unspecified atom stereocenters. The van der Waals surface area contributed by atoms with E-state index in [1.807, 2.05) is 32.0 Å². The molecule has 0 saturated heterocycles. The van der Waals surface area contributed by atoms with Crippen LogP contribution in [0.25, 0.3) is 0 Å². The second kappa shape index (κ2) is 9.13. The monoisotopic (exact) mass is 387 g/mol. The molecule has 1 aromatic carbocycles. The van der Waals surface area contributed by atoms with Crippen LogP contribution in [0.1, 0.15) is 52.4 Å². The van der Waals surface area contributed by atoms with Crippen LogP contribution in [-0.2, 0) is 9.59 Å². The van der Waals surface area contributed by atoms with E-state index in [1.54, 1.807) is 6.07 Å². The number of benzene rings is 1. The van der Waals surface area contributed by atoms with Gasteiger partial charge in [-0.15, -0.1) is 0 Å². The first kappa shape index (κ1) is 20.2. The van der Waals surface area contributed by atoms with Crippen LogP contribution >= 0.6 is 0 Å². The molecule has 2 aliphatic rings. The summed E-state index contributed by atoms with van der Waals surface area (Å²) in [6, 6.07) is 6.47. The van der Waals surface area contributed by atoms with Gasteiger partial charge in [-0.2, -0.15) is 0 Å². The van der Waals surface area contributed by atoms with Crippen molar-refractivity contribution in [2.45, 2.75) is 64.5 Å². The molecule has 1 atom stereocenters. The van der Waals surface area contributed by atoms with Crippen LogP contribution in [0.15, 0.2) is 36.1 Å². The van der Waals surface area contributed by atoms with E-state index in [0.717, 1.165) is 25.7 Å². The average Bonchev–Trinajstić information content (AvgIpc) is 3.01. The highest BCUT2D eigenvalue weighted by Crippen LogP contribution is 2.32. The number of carbonyl (C=O) groups is 2. The number of para-hydroxylation sites is 2. The molecule has 3 rings (SSSR count). The number of aliphatic carboxylic acids is 1. The van der Waals surface area contributed by atoms with Crippen LogP contribution in [0.5, 0.6) is 11.5 Å². The number of ether oxygens (including phenoxy) is 2. The third-order valence-corrected chi connectivity index (χ3v) is 5.29. The van der Waals surface area contributed by atoms with Gasteiger partial charge < -0.3 is 19.5 Å². The Morgan fingerprint density at radius 1 is 1.18 bits per heavy atom. The number of carbonyl (C=O) groups excluding carboxylic acids is 1. The van der Waals surface area contributed by atoms with E-state index in [-0.39, 0.29) is 18.6 Å². The number of hydrogen-bond acceptors (Lipinski definition) is 4. The van der Waals surface area contributed by atoms with Crippen molar-refractivity contribution >= 4 is 11.9 Å². The van der Waals surface area contributed by atoms with Gasteiger partial charge in [0, 0.05) is 6.08 Å². The summed E-state index contributed by atoms with van der Waals surface area (Å²) in [5.74, 6) is 0.683. The molecule has 0 radical (unpaired) electrons. The molecule has 6 nitrogen and oxygen atoms in total. The normalized spacial score (nSPS) is 18.9. The Labute approximate surface area is 166 Å². The molecule has 6 heteroatoms. The first-order chi connectivity index (χ1) is 13.4. The van der Waals surface area contributed by atoms with Crippen molar-refractivity contribution < 1.29 is 24.2 Å². The highest BCUT2D eigenvalue weighted by Gasteiger charge is 2.36. The summed E-state index contributed by atoms with van der Waals surface area (Å²) in [7, 11) is 0. The third-order valence-electron chi connectivity index (χ3n) is 5.29. The molecule has 1 amide bonds. The zero-order valence-electron chi connectivity index (χ0n) is 16.6. The Bertz CT molecular complexity index is 736. The average molecular weight is 387 g/mol. The molecule has 0 aromatic heterocycles. The fourth-order valence-corrected chi connectivity index (χ4v) is 3.96. The molecular formula is C22H29NO5. The third kappa shape index (κ3) is 5.06. The van der Waals surface area contributed by atoms with Gasteiger partial charge in [0.1, 0.15) is 11.8 Å². The van der Waals surface area contributed by atoms with Crippen LogP contribution in [-0.4, -0.2) is 40.6 Å². The highest BCUT2D eigenvalue weighted by atomic mass is 16.5. The summed E-state index contributed by atoms with van der Waals surface area (Å²) in [5, 5.41) is 9.72. The largest absolute Gasteiger partial charge is 0.487 e. The van der Waals surface area contributed by atoms with Crippen LogP contribution in [0.2, 0.25) is 0 Å². The van der Waals surface area contributed by atoms with Crippen LogP contribution in [0.4, 0.5) is 0 Å². The minimum atomic E-state index is -0.947. The van der Waals surface area contributed by atoms with Gasteiger partial charge in [-0.25, -0.2) is 4.79 Å². The summed E-state index contributed by atoms with van der Waals surface area (Å²) in [5.41, 5.74) is 0.